The van der Waals surface area contributed by atoms with Crippen molar-refractivity contribution < 1.29 is 4.74 Å². The van der Waals surface area contributed by atoms with Gasteiger partial charge in [0.25, 0.3) is 0 Å². The second-order valence-corrected chi connectivity index (χ2v) is 5.89. The van der Waals surface area contributed by atoms with Crippen LogP contribution in [0, 0.1) is 0 Å². The van der Waals surface area contributed by atoms with Crippen molar-refractivity contribution in [3.05, 3.63) is 6.33 Å². The van der Waals surface area contributed by atoms with Gasteiger partial charge >= 0.3 is 0 Å². The molecule has 3 N–H and O–H groups in total. The van der Waals surface area contributed by atoms with Gasteiger partial charge in [-0.05, 0) is 25.8 Å². The van der Waals surface area contributed by atoms with Crippen molar-refractivity contribution in [3.63, 3.8) is 0 Å². The standard InChI is InChI=1S/C15H26N6O/c16-13-14(17-4-3-5-20-8-10-22-11-9-20)18-12-19-15(13)21-6-1-2-7-21/h12H,1-11,16H2,(H,17,18,19). The summed E-state index contributed by atoms with van der Waals surface area (Å²) >= 11 is 0. The van der Waals surface area contributed by atoms with Crippen LogP contribution in [0.25, 0.3) is 0 Å². The van der Waals surface area contributed by atoms with Crippen LogP contribution in [0.3, 0.4) is 0 Å². The molecule has 2 fully saturated rings. The highest BCUT2D eigenvalue weighted by Gasteiger charge is 2.18. The van der Waals surface area contributed by atoms with E-state index in [1.807, 2.05) is 0 Å². The van der Waals surface area contributed by atoms with Gasteiger partial charge in [-0.1, -0.05) is 0 Å². The molecule has 122 valence electrons. The van der Waals surface area contributed by atoms with Crippen LogP contribution in [0.1, 0.15) is 19.3 Å². The van der Waals surface area contributed by atoms with E-state index in [-0.39, 0.29) is 0 Å². The highest BCUT2D eigenvalue weighted by Crippen LogP contribution is 2.28. The van der Waals surface area contributed by atoms with Crippen molar-refractivity contribution in [2.24, 2.45) is 0 Å². The van der Waals surface area contributed by atoms with Gasteiger partial charge in [0.2, 0.25) is 0 Å². The Labute approximate surface area is 131 Å². The van der Waals surface area contributed by atoms with Gasteiger partial charge < -0.3 is 20.7 Å². The zero-order valence-corrected chi connectivity index (χ0v) is 13.1. The molecule has 0 radical (unpaired) electrons. The topological polar surface area (TPSA) is 79.5 Å². The minimum atomic E-state index is 0.677. The summed E-state index contributed by atoms with van der Waals surface area (Å²) in [6.07, 6.45) is 5.11. The Morgan fingerprint density at radius 2 is 1.91 bits per heavy atom. The minimum absolute atomic E-state index is 0.677. The van der Waals surface area contributed by atoms with Gasteiger partial charge in [-0.2, -0.15) is 0 Å². The van der Waals surface area contributed by atoms with E-state index in [1.54, 1.807) is 6.33 Å². The van der Waals surface area contributed by atoms with Crippen LogP contribution in [-0.4, -0.2) is 67.4 Å². The molecule has 1 aromatic rings. The Morgan fingerprint density at radius 3 is 2.68 bits per heavy atom. The number of nitrogens with zero attached hydrogens (tertiary/aromatic N) is 4. The number of hydrogen-bond acceptors (Lipinski definition) is 7. The first-order valence-corrected chi connectivity index (χ1v) is 8.24. The summed E-state index contributed by atoms with van der Waals surface area (Å²) in [5.41, 5.74) is 6.91. The smallest absolute Gasteiger partial charge is 0.157 e. The van der Waals surface area contributed by atoms with E-state index in [4.69, 9.17) is 10.5 Å². The zero-order valence-electron chi connectivity index (χ0n) is 13.1. The average molecular weight is 306 g/mol. The van der Waals surface area contributed by atoms with Gasteiger partial charge in [0.15, 0.2) is 11.6 Å². The van der Waals surface area contributed by atoms with Gasteiger partial charge in [0.1, 0.15) is 12.0 Å². The van der Waals surface area contributed by atoms with Gasteiger partial charge in [-0.15, -0.1) is 0 Å². The summed E-state index contributed by atoms with van der Waals surface area (Å²) in [6.45, 7) is 7.81. The van der Waals surface area contributed by atoms with Crippen molar-refractivity contribution in [3.8, 4) is 0 Å². The second kappa shape index (κ2) is 7.60. The van der Waals surface area contributed by atoms with Crippen LogP contribution < -0.4 is 16.0 Å². The van der Waals surface area contributed by atoms with Gasteiger partial charge in [-0.3, -0.25) is 4.90 Å². The molecular weight excluding hydrogens is 280 g/mol. The Morgan fingerprint density at radius 1 is 1.14 bits per heavy atom. The maximum absolute atomic E-state index is 6.23. The van der Waals surface area contributed by atoms with Crippen LogP contribution in [0.4, 0.5) is 17.3 Å². The lowest BCUT2D eigenvalue weighted by Crippen LogP contribution is -2.37. The van der Waals surface area contributed by atoms with E-state index >= 15 is 0 Å². The van der Waals surface area contributed by atoms with Crippen molar-refractivity contribution in [2.75, 3.05) is 68.4 Å². The largest absolute Gasteiger partial charge is 0.393 e. The zero-order chi connectivity index (χ0) is 15.2. The predicted molar refractivity (Wildman–Crippen MR) is 88.3 cm³/mol. The number of nitrogens with two attached hydrogens (primary N) is 1. The second-order valence-electron chi connectivity index (χ2n) is 5.89. The molecule has 2 saturated heterocycles. The first-order chi connectivity index (χ1) is 10.8. The number of hydrogen-bond donors (Lipinski definition) is 2. The highest BCUT2D eigenvalue weighted by molar-refractivity contribution is 5.75. The molecular formula is C15H26N6O. The summed E-state index contributed by atoms with van der Waals surface area (Å²) < 4.78 is 5.36. The first kappa shape index (κ1) is 15.3. The normalized spacial score (nSPS) is 19.5. The number of nitrogens with one attached hydrogen (secondary N) is 1. The third-order valence-electron chi connectivity index (χ3n) is 4.32. The number of morpholine rings is 1. The van der Waals surface area contributed by atoms with Gasteiger partial charge in [0, 0.05) is 32.7 Å². The molecule has 0 saturated carbocycles. The fourth-order valence-corrected chi connectivity index (χ4v) is 3.04. The van der Waals surface area contributed by atoms with Crippen molar-refractivity contribution >= 4 is 17.3 Å². The molecule has 1 aromatic heterocycles. The minimum Gasteiger partial charge on any atom is -0.393 e. The molecule has 0 unspecified atom stereocenters. The fraction of sp³-hybridized carbons (Fsp3) is 0.733. The van der Waals surface area contributed by atoms with E-state index in [0.29, 0.717) is 5.69 Å². The number of ether oxygens (including phenoxy) is 1. The lowest BCUT2D eigenvalue weighted by atomic mass is 10.3. The molecule has 0 atom stereocenters. The molecule has 2 aliphatic rings. The van der Waals surface area contributed by atoms with Crippen LogP contribution in [0.15, 0.2) is 6.33 Å². The summed E-state index contributed by atoms with van der Waals surface area (Å²) in [4.78, 5) is 13.3. The maximum atomic E-state index is 6.23. The molecule has 0 aromatic carbocycles. The number of anilines is 3. The lowest BCUT2D eigenvalue weighted by molar-refractivity contribution is 0.0378. The lowest BCUT2D eigenvalue weighted by Gasteiger charge is -2.26. The van der Waals surface area contributed by atoms with Crippen LogP contribution >= 0.6 is 0 Å². The van der Waals surface area contributed by atoms with Crippen LogP contribution in [0.2, 0.25) is 0 Å². The van der Waals surface area contributed by atoms with E-state index in [1.165, 1.54) is 12.8 Å². The Kier molecular flexibility index (Phi) is 5.29. The van der Waals surface area contributed by atoms with Crippen molar-refractivity contribution in [1.29, 1.82) is 0 Å². The van der Waals surface area contributed by atoms with E-state index in [2.05, 4.69) is 25.1 Å². The van der Waals surface area contributed by atoms with E-state index < -0.39 is 0 Å². The summed E-state index contributed by atoms with van der Waals surface area (Å²) in [7, 11) is 0. The molecule has 3 heterocycles. The third kappa shape index (κ3) is 3.78. The molecule has 0 bridgehead atoms. The molecule has 2 aliphatic heterocycles. The molecule has 0 spiro atoms. The molecule has 7 heteroatoms. The quantitative estimate of drug-likeness (QED) is 0.752. The predicted octanol–water partition coefficient (Wildman–Crippen LogP) is 0.793. The molecule has 0 amide bonds. The molecule has 3 rings (SSSR count). The summed E-state index contributed by atoms with van der Waals surface area (Å²) in [5, 5.41) is 3.36. The third-order valence-corrected chi connectivity index (χ3v) is 4.32. The fourth-order valence-electron chi connectivity index (χ4n) is 3.04. The Hall–Kier alpha value is -1.60. The van der Waals surface area contributed by atoms with E-state index in [0.717, 1.165) is 70.5 Å². The molecule has 22 heavy (non-hydrogen) atoms. The van der Waals surface area contributed by atoms with Crippen molar-refractivity contribution in [1.82, 2.24) is 14.9 Å². The average Bonchev–Trinajstić information content (AvgIpc) is 3.08. The van der Waals surface area contributed by atoms with Gasteiger partial charge in [0.05, 0.1) is 13.2 Å². The van der Waals surface area contributed by atoms with Crippen LogP contribution in [0.5, 0.6) is 0 Å². The molecule has 7 nitrogen and oxygen atoms in total. The number of rotatable bonds is 6. The summed E-state index contributed by atoms with van der Waals surface area (Å²) in [6, 6.07) is 0. The highest BCUT2D eigenvalue weighted by atomic mass is 16.5. The van der Waals surface area contributed by atoms with Crippen LogP contribution in [-0.2, 0) is 4.74 Å². The summed E-state index contributed by atoms with van der Waals surface area (Å²) in [5.74, 6) is 1.64. The van der Waals surface area contributed by atoms with Gasteiger partial charge in [-0.25, -0.2) is 9.97 Å². The first-order valence-electron chi connectivity index (χ1n) is 8.24. The number of aromatic nitrogens is 2. The van der Waals surface area contributed by atoms with Crippen molar-refractivity contribution in [2.45, 2.75) is 19.3 Å². The molecule has 0 aliphatic carbocycles. The monoisotopic (exact) mass is 306 g/mol. The SMILES string of the molecule is Nc1c(NCCCN2CCOCC2)ncnc1N1CCCC1. The Bertz CT molecular complexity index is 471. The number of nitrogen functional groups attached to an aromatic ring is 1. The Balaban J connectivity index is 1.48. The van der Waals surface area contributed by atoms with E-state index in [9.17, 15) is 0 Å². The maximum Gasteiger partial charge on any atom is 0.157 e.